The lowest BCUT2D eigenvalue weighted by molar-refractivity contribution is 0.0699. The van der Waals surface area contributed by atoms with Gasteiger partial charge in [0.15, 0.2) is 0 Å². The van der Waals surface area contributed by atoms with Gasteiger partial charge in [0, 0.05) is 23.8 Å². The average Bonchev–Trinajstić information content (AvgIpc) is 3.00. The van der Waals surface area contributed by atoms with E-state index in [1.54, 1.807) is 4.90 Å². The number of benzene rings is 1. The van der Waals surface area contributed by atoms with E-state index in [0.717, 1.165) is 26.9 Å². The summed E-state index contributed by atoms with van der Waals surface area (Å²) >= 11 is 3.51. The Morgan fingerprint density at radius 1 is 1.31 bits per heavy atom. The molecule has 0 aliphatic rings. The van der Waals surface area contributed by atoms with Gasteiger partial charge in [-0.25, -0.2) is 4.98 Å². The molecule has 1 aromatic carbocycles. The predicted octanol–water partition coefficient (Wildman–Crippen LogP) is 3.60. The Kier molecular flexibility index (Phi) is 5.74. The Labute approximate surface area is 161 Å². The molecule has 0 saturated heterocycles. The maximum Gasteiger partial charge on any atom is 0.273 e. The number of aliphatic hydroxyl groups is 1. The lowest BCUT2D eigenvalue weighted by atomic mass is 10.2. The molecular formula is C20H22BrN3O2. The molecule has 0 saturated carbocycles. The zero-order valence-electron chi connectivity index (χ0n) is 14.9. The summed E-state index contributed by atoms with van der Waals surface area (Å²) < 4.78 is 2.75. The van der Waals surface area contributed by atoms with Crippen molar-refractivity contribution in [1.82, 2.24) is 14.3 Å². The molecule has 0 unspecified atom stereocenters. The van der Waals surface area contributed by atoms with Gasteiger partial charge in [0.05, 0.1) is 12.3 Å². The van der Waals surface area contributed by atoms with Crippen LogP contribution in [-0.2, 0) is 13.0 Å². The van der Waals surface area contributed by atoms with Crippen molar-refractivity contribution in [1.29, 1.82) is 0 Å². The fourth-order valence-corrected chi connectivity index (χ4v) is 3.66. The number of aromatic nitrogens is 2. The Morgan fingerprint density at radius 3 is 2.69 bits per heavy atom. The van der Waals surface area contributed by atoms with E-state index in [9.17, 15) is 9.90 Å². The lowest BCUT2D eigenvalue weighted by Gasteiger charge is -2.22. The second-order valence-corrected chi connectivity index (χ2v) is 7.15. The first kappa shape index (κ1) is 18.6. The highest BCUT2D eigenvalue weighted by atomic mass is 79.9. The van der Waals surface area contributed by atoms with Crippen LogP contribution in [-0.4, -0.2) is 38.4 Å². The monoisotopic (exact) mass is 415 g/mol. The summed E-state index contributed by atoms with van der Waals surface area (Å²) in [4.78, 5) is 19.7. The van der Waals surface area contributed by atoms with Crippen LogP contribution in [0.2, 0.25) is 0 Å². The van der Waals surface area contributed by atoms with Crippen LogP contribution in [0.3, 0.4) is 0 Å². The Balaban J connectivity index is 2.06. The zero-order valence-corrected chi connectivity index (χ0v) is 16.5. The molecule has 5 nitrogen and oxygen atoms in total. The van der Waals surface area contributed by atoms with E-state index in [4.69, 9.17) is 0 Å². The van der Waals surface area contributed by atoms with Crippen molar-refractivity contribution in [2.75, 3.05) is 13.2 Å². The summed E-state index contributed by atoms with van der Waals surface area (Å²) in [6.07, 6.45) is 2.54. The second-order valence-electron chi connectivity index (χ2n) is 6.23. The molecule has 0 radical (unpaired) electrons. The van der Waals surface area contributed by atoms with E-state index in [1.165, 1.54) is 0 Å². The molecule has 2 aromatic heterocycles. The minimum absolute atomic E-state index is 0.0838. The minimum atomic E-state index is -0.121. The number of amides is 1. The summed E-state index contributed by atoms with van der Waals surface area (Å²) in [6.45, 7) is 4.62. The van der Waals surface area contributed by atoms with Crippen LogP contribution in [0.25, 0.3) is 5.65 Å². The number of hydrogen-bond acceptors (Lipinski definition) is 3. The van der Waals surface area contributed by atoms with Crippen LogP contribution >= 0.6 is 15.9 Å². The van der Waals surface area contributed by atoms with Gasteiger partial charge in [0.2, 0.25) is 0 Å². The number of hydrogen-bond donors (Lipinski definition) is 1. The van der Waals surface area contributed by atoms with E-state index in [0.29, 0.717) is 18.7 Å². The van der Waals surface area contributed by atoms with E-state index < -0.39 is 0 Å². The minimum Gasteiger partial charge on any atom is -0.395 e. The van der Waals surface area contributed by atoms with Crippen LogP contribution in [0.4, 0.5) is 0 Å². The van der Waals surface area contributed by atoms with Crippen LogP contribution in [0.5, 0.6) is 0 Å². The number of imidazole rings is 1. The zero-order chi connectivity index (χ0) is 18.7. The molecule has 2 heterocycles. The van der Waals surface area contributed by atoms with E-state index >= 15 is 0 Å². The molecule has 3 aromatic rings. The summed E-state index contributed by atoms with van der Waals surface area (Å²) in [5, 5.41) is 9.47. The summed E-state index contributed by atoms with van der Waals surface area (Å²) in [5.41, 5.74) is 4.16. The molecule has 6 heteroatoms. The molecule has 3 rings (SSSR count). The highest BCUT2D eigenvalue weighted by Crippen LogP contribution is 2.23. The third-order valence-electron chi connectivity index (χ3n) is 4.35. The maximum atomic E-state index is 13.4. The van der Waals surface area contributed by atoms with Crippen LogP contribution in [0, 0.1) is 6.92 Å². The van der Waals surface area contributed by atoms with Crippen molar-refractivity contribution in [3.63, 3.8) is 0 Å². The van der Waals surface area contributed by atoms with Gasteiger partial charge in [0.1, 0.15) is 11.3 Å². The summed E-state index contributed by atoms with van der Waals surface area (Å²) in [7, 11) is 0. The van der Waals surface area contributed by atoms with Crippen molar-refractivity contribution >= 4 is 27.5 Å². The van der Waals surface area contributed by atoms with E-state index in [1.807, 2.05) is 60.8 Å². The molecule has 0 fully saturated rings. The van der Waals surface area contributed by atoms with Gasteiger partial charge in [0.25, 0.3) is 5.91 Å². The first-order chi connectivity index (χ1) is 12.5. The van der Waals surface area contributed by atoms with Crippen molar-refractivity contribution in [3.05, 3.63) is 69.6 Å². The highest BCUT2D eigenvalue weighted by molar-refractivity contribution is 9.10. The Bertz CT molecular complexity index is 922. The molecule has 1 N–H and O–H groups in total. The normalized spacial score (nSPS) is 11.1. The van der Waals surface area contributed by atoms with E-state index in [2.05, 4.69) is 20.9 Å². The standard InChI is InChI=1S/C20H22BrN3O2/c1-3-17-18(24-13-16(21)11-14(2)19(24)22-17)20(26)23(9-10-25)12-15-7-5-4-6-8-15/h4-8,11,13,25H,3,9-10,12H2,1-2H3. The summed E-state index contributed by atoms with van der Waals surface area (Å²) in [5.74, 6) is -0.121. The molecule has 0 bridgehead atoms. The number of pyridine rings is 1. The largest absolute Gasteiger partial charge is 0.395 e. The number of fused-ring (bicyclic) bond motifs is 1. The smallest absolute Gasteiger partial charge is 0.273 e. The quantitative estimate of drug-likeness (QED) is 0.668. The first-order valence-electron chi connectivity index (χ1n) is 8.66. The van der Waals surface area contributed by atoms with Crippen LogP contribution < -0.4 is 0 Å². The number of rotatable bonds is 6. The van der Waals surface area contributed by atoms with Crippen molar-refractivity contribution < 1.29 is 9.90 Å². The molecule has 0 atom stereocenters. The van der Waals surface area contributed by atoms with Gasteiger partial charge in [-0.3, -0.25) is 9.20 Å². The van der Waals surface area contributed by atoms with Crippen molar-refractivity contribution in [2.24, 2.45) is 0 Å². The van der Waals surface area contributed by atoms with Gasteiger partial charge in [-0.2, -0.15) is 0 Å². The lowest BCUT2D eigenvalue weighted by Crippen LogP contribution is -2.34. The van der Waals surface area contributed by atoms with E-state index in [-0.39, 0.29) is 19.1 Å². The first-order valence-corrected chi connectivity index (χ1v) is 9.45. The fourth-order valence-electron chi connectivity index (χ4n) is 3.12. The third-order valence-corrected chi connectivity index (χ3v) is 4.79. The maximum absolute atomic E-state index is 13.4. The van der Waals surface area contributed by atoms with Gasteiger partial charge in [-0.15, -0.1) is 0 Å². The van der Waals surface area contributed by atoms with Crippen LogP contribution in [0.1, 0.15) is 34.2 Å². The molecule has 0 spiro atoms. The van der Waals surface area contributed by atoms with Crippen LogP contribution in [0.15, 0.2) is 47.1 Å². The molecule has 0 aliphatic carbocycles. The fraction of sp³-hybridized carbons (Fsp3) is 0.300. The SMILES string of the molecule is CCc1nc2c(C)cc(Br)cn2c1C(=O)N(CCO)Cc1ccccc1. The topological polar surface area (TPSA) is 57.8 Å². The number of nitrogens with zero attached hydrogens (tertiary/aromatic N) is 3. The number of carbonyl (C=O) groups excluding carboxylic acids is 1. The number of carbonyl (C=O) groups is 1. The van der Waals surface area contributed by atoms with Gasteiger partial charge in [-0.05, 0) is 46.5 Å². The number of aryl methyl sites for hydroxylation is 2. The van der Waals surface area contributed by atoms with Gasteiger partial charge < -0.3 is 10.0 Å². The second kappa shape index (κ2) is 8.01. The molecule has 1 amide bonds. The molecular weight excluding hydrogens is 394 g/mol. The average molecular weight is 416 g/mol. The third kappa shape index (κ3) is 3.66. The predicted molar refractivity (Wildman–Crippen MR) is 105 cm³/mol. The van der Waals surface area contributed by atoms with Crippen molar-refractivity contribution in [3.8, 4) is 0 Å². The van der Waals surface area contributed by atoms with Gasteiger partial charge in [-0.1, -0.05) is 37.3 Å². The Hall–Kier alpha value is -2.18. The Morgan fingerprint density at radius 2 is 2.04 bits per heavy atom. The van der Waals surface area contributed by atoms with Crippen molar-refractivity contribution in [2.45, 2.75) is 26.8 Å². The molecule has 136 valence electrons. The summed E-state index contributed by atoms with van der Waals surface area (Å²) in [6, 6.07) is 11.8. The highest BCUT2D eigenvalue weighted by Gasteiger charge is 2.24. The molecule has 26 heavy (non-hydrogen) atoms. The van der Waals surface area contributed by atoms with Gasteiger partial charge >= 0.3 is 0 Å². The number of aliphatic hydroxyl groups excluding tert-OH is 1. The number of halogens is 1. The molecule has 0 aliphatic heterocycles.